The van der Waals surface area contributed by atoms with Crippen LogP contribution in [-0.2, 0) is 14.2 Å². The van der Waals surface area contributed by atoms with Gasteiger partial charge in [-0.15, -0.1) is 0 Å². The molecule has 9 heteroatoms. The van der Waals surface area contributed by atoms with Crippen molar-refractivity contribution < 1.29 is 28.6 Å². The summed E-state index contributed by atoms with van der Waals surface area (Å²) in [7, 11) is 3.65. The summed E-state index contributed by atoms with van der Waals surface area (Å²) < 4.78 is 15.4. The molecule has 9 nitrogen and oxygen atoms in total. The molecule has 0 atom stereocenters. The van der Waals surface area contributed by atoms with Crippen molar-refractivity contribution in [2.75, 3.05) is 21.3 Å². The highest BCUT2D eigenvalue weighted by molar-refractivity contribution is 5.97. The second-order valence-corrected chi connectivity index (χ2v) is 6.29. The Morgan fingerprint density at radius 1 is 0.867 bits per heavy atom. The highest BCUT2D eigenvalue weighted by Gasteiger charge is 2.18. The summed E-state index contributed by atoms with van der Waals surface area (Å²) in [5.41, 5.74) is 0.858. The van der Waals surface area contributed by atoms with Crippen molar-refractivity contribution in [1.29, 1.82) is 0 Å². The van der Waals surface area contributed by atoms with Crippen molar-refractivity contribution in [3.63, 3.8) is 0 Å². The Hall–Kier alpha value is -4.01. The van der Waals surface area contributed by atoms with Crippen LogP contribution in [0.4, 0.5) is 0 Å². The van der Waals surface area contributed by atoms with Crippen LogP contribution in [0.3, 0.4) is 0 Å². The minimum atomic E-state index is -0.680. The fraction of sp³-hybridized carbons (Fsp3) is 0.190. The number of fused-ring (bicyclic) bond motifs is 1. The smallest absolute Gasteiger partial charge is 0.339 e. The number of hydrogen-bond donors (Lipinski definition) is 0. The molecule has 0 amide bonds. The number of carbonyl (C=O) groups excluding carboxylic acids is 3. The van der Waals surface area contributed by atoms with Gasteiger partial charge in [-0.3, -0.25) is 14.3 Å². The lowest BCUT2D eigenvalue weighted by atomic mass is 10.1. The van der Waals surface area contributed by atoms with E-state index in [0.29, 0.717) is 11.2 Å². The standard InChI is InChI=1S/C21H18N2O7/c1-11-15(21(27)30-4)10-16-17(22-11)5-6-23(18(16)24)14-8-12(19(25)28-2)7-13(9-14)20(26)29-3/h5-10H,1-4H3. The van der Waals surface area contributed by atoms with Gasteiger partial charge in [-0.1, -0.05) is 0 Å². The number of esters is 3. The molecule has 3 aromatic rings. The van der Waals surface area contributed by atoms with E-state index in [4.69, 9.17) is 14.2 Å². The van der Waals surface area contributed by atoms with Crippen molar-refractivity contribution in [3.8, 4) is 5.69 Å². The second-order valence-electron chi connectivity index (χ2n) is 6.29. The van der Waals surface area contributed by atoms with Crippen LogP contribution >= 0.6 is 0 Å². The molecule has 0 saturated carbocycles. The van der Waals surface area contributed by atoms with Gasteiger partial charge in [0.15, 0.2) is 0 Å². The van der Waals surface area contributed by atoms with E-state index in [0.717, 1.165) is 0 Å². The van der Waals surface area contributed by atoms with Crippen molar-refractivity contribution in [2.45, 2.75) is 6.92 Å². The summed E-state index contributed by atoms with van der Waals surface area (Å²) in [6, 6.07) is 7.14. The molecule has 0 aliphatic heterocycles. The Labute approximate surface area is 170 Å². The average molecular weight is 410 g/mol. The molecule has 154 valence electrons. The van der Waals surface area contributed by atoms with Gasteiger partial charge in [-0.05, 0) is 37.3 Å². The zero-order valence-corrected chi connectivity index (χ0v) is 16.7. The molecule has 30 heavy (non-hydrogen) atoms. The largest absolute Gasteiger partial charge is 0.465 e. The lowest BCUT2D eigenvalue weighted by Gasteiger charge is -2.12. The number of nitrogens with zero attached hydrogens (tertiary/aromatic N) is 2. The van der Waals surface area contributed by atoms with Crippen molar-refractivity contribution in [1.82, 2.24) is 9.55 Å². The van der Waals surface area contributed by atoms with Crippen LogP contribution in [0.15, 0.2) is 41.3 Å². The number of carbonyl (C=O) groups is 3. The third-order valence-electron chi connectivity index (χ3n) is 4.52. The van der Waals surface area contributed by atoms with Crippen LogP contribution in [0.5, 0.6) is 0 Å². The second kappa shape index (κ2) is 8.16. The van der Waals surface area contributed by atoms with Gasteiger partial charge >= 0.3 is 17.9 Å². The number of ether oxygens (including phenoxy) is 3. The SMILES string of the molecule is COC(=O)c1cc(C(=O)OC)cc(-n2ccc3nc(C)c(C(=O)OC)cc3c2=O)c1. The molecule has 3 rings (SSSR count). The summed E-state index contributed by atoms with van der Waals surface area (Å²) in [5, 5.41) is 0.173. The Balaban J connectivity index is 2.28. The Morgan fingerprint density at radius 3 is 1.97 bits per heavy atom. The number of benzene rings is 1. The van der Waals surface area contributed by atoms with Crippen LogP contribution in [0, 0.1) is 6.92 Å². The van der Waals surface area contributed by atoms with Crippen molar-refractivity contribution >= 4 is 28.8 Å². The minimum Gasteiger partial charge on any atom is -0.465 e. The maximum atomic E-state index is 13.1. The first-order valence-corrected chi connectivity index (χ1v) is 8.74. The number of hydrogen-bond acceptors (Lipinski definition) is 8. The summed E-state index contributed by atoms with van der Waals surface area (Å²) in [5.74, 6) is -1.97. The molecule has 0 aliphatic carbocycles. The van der Waals surface area contributed by atoms with E-state index < -0.39 is 23.5 Å². The fourth-order valence-corrected chi connectivity index (χ4v) is 3.01. The van der Waals surface area contributed by atoms with Crippen LogP contribution in [0.1, 0.15) is 36.8 Å². The Morgan fingerprint density at radius 2 is 1.43 bits per heavy atom. The number of pyridine rings is 2. The molecular weight excluding hydrogens is 392 g/mol. The predicted molar refractivity (Wildman–Crippen MR) is 106 cm³/mol. The van der Waals surface area contributed by atoms with Gasteiger partial charge in [-0.25, -0.2) is 14.4 Å². The van der Waals surface area contributed by atoms with Gasteiger partial charge in [0.05, 0.1) is 60.3 Å². The predicted octanol–water partition coefficient (Wildman–Crippen LogP) is 2.05. The first-order valence-electron chi connectivity index (χ1n) is 8.74. The Kier molecular flexibility index (Phi) is 5.63. The molecule has 0 radical (unpaired) electrons. The number of aromatic nitrogens is 2. The lowest BCUT2D eigenvalue weighted by Crippen LogP contribution is -2.20. The van der Waals surface area contributed by atoms with E-state index in [1.165, 1.54) is 56.4 Å². The molecule has 0 saturated heterocycles. The average Bonchev–Trinajstić information content (AvgIpc) is 2.76. The normalized spacial score (nSPS) is 10.5. The van der Waals surface area contributed by atoms with E-state index in [9.17, 15) is 19.2 Å². The molecule has 0 bridgehead atoms. The highest BCUT2D eigenvalue weighted by atomic mass is 16.5. The molecule has 2 aromatic heterocycles. The van der Waals surface area contributed by atoms with E-state index in [-0.39, 0.29) is 27.8 Å². The maximum absolute atomic E-state index is 13.1. The third kappa shape index (κ3) is 3.64. The first-order chi connectivity index (χ1) is 14.3. The van der Waals surface area contributed by atoms with E-state index in [1.54, 1.807) is 13.0 Å². The van der Waals surface area contributed by atoms with E-state index in [1.807, 2.05) is 0 Å². The van der Waals surface area contributed by atoms with Crippen LogP contribution in [0.25, 0.3) is 16.6 Å². The van der Waals surface area contributed by atoms with Gasteiger partial charge in [-0.2, -0.15) is 0 Å². The number of aryl methyl sites for hydroxylation is 1. The number of rotatable bonds is 4. The molecule has 0 N–H and O–H groups in total. The number of methoxy groups -OCH3 is 3. The zero-order chi connectivity index (χ0) is 22.0. The van der Waals surface area contributed by atoms with Crippen molar-refractivity contribution in [3.05, 3.63) is 69.3 Å². The van der Waals surface area contributed by atoms with E-state index in [2.05, 4.69) is 4.98 Å². The Bertz CT molecular complexity index is 1210. The minimum absolute atomic E-state index is 0.0691. The quantitative estimate of drug-likeness (QED) is 0.474. The van der Waals surface area contributed by atoms with Gasteiger partial charge in [0.2, 0.25) is 0 Å². The third-order valence-corrected chi connectivity index (χ3v) is 4.52. The maximum Gasteiger partial charge on any atom is 0.339 e. The molecule has 2 heterocycles. The molecule has 0 fully saturated rings. The lowest BCUT2D eigenvalue weighted by molar-refractivity contribution is 0.0586. The summed E-state index contributed by atoms with van der Waals surface area (Å²) in [6.45, 7) is 1.64. The molecule has 1 aromatic carbocycles. The van der Waals surface area contributed by atoms with E-state index >= 15 is 0 Å². The molecule has 0 aliphatic rings. The monoisotopic (exact) mass is 410 g/mol. The molecule has 0 unspecified atom stereocenters. The van der Waals surface area contributed by atoms with Gasteiger partial charge in [0.1, 0.15) is 0 Å². The van der Waals surface area contributed by atoms with Gasteiger partial charge in [0, 0.05) is 6.20 Å². The van der Waals surface area contributed by atoms with Crippen LogP contribution < -0.4 is 5.56 Å². The van der Waals surface area contributed by atoms with Crippen LogP contribution in [0.2, 0.25) is 0 Å². The van der Waals surface area contributed by atoms with Crippen LogP contribution in [-0.4, -0.2) is 48.8 Å². The zero-order valence-electron chi connectivity index (χ0n) is 16.7. The van der Waals surface area contributed by atoms with Gasteiger partial charge in [0.25, 0.3) is 5.56 Å². The fourth-order valence-electron chi connectivity index (χ4n) is 3.01. The topological polar surface area (TPSA) is 114 Å². The van der Waals surface area contributed by atoms with Gasteiger partial charge < -0.3 is 14.2 Å². The summed E-state index contributed by atoms with van der Waals surface area (Å²) in [4.78, 5) is 53.5. The molecule has 0 spiro atoms. The van der Waals surface area contributed by atoms with Crippen molar-refractivity contribution in [2.24, 2.45) is 0 Å². The summed E-state index contributed by atoms with van der Waals surface area (Å²) in [6.07, 6.45) is 1.46. The highest BCUT2D eigenvalue weighted by Crippen LogP contribution is 2.19. The first kappa shape index (κ1) is 20.7. The summed E-state index contributed by atoms with van der Waals surface area (Å²) >= 11 is 0. The molecular formula is C21H18N2O7.